The van der Waals surface area contributed by atoms with Gasteiger partial charge in [0.2, 0.25) is 0 Å². The summed E-state index contributed by atoms with van der Waals surface area (Å²) in [6.07, 6.45) is 2.58. The average Bonchev–Trinajstić information content (AvgIpc) is 3.25. The monoisotopic (exact) mass is 599 g/mol. The van der Waals surface area contributed by atoms with Crippen molar-refractivity contribution in [2.24, 2.45) is 7.05 Å². The average molecular weight is 601 g/mol. The molecule has 0 spiro atoms. The number of anilines is 1. The fourth-order valence-electron chi connectivity index (χ4n) is 3.93. The lowest BCUT2D eigenvalue weighted by Gasteiger charge is -2.20. The lowest BCUT2D eigenvalue weighted by atomic mass is 10.1. The number of benzene rings is 2. The molecular formula is C26H27Br2N5O2. The van der Waals surface area contributed by atoms with Gasteiger partial charge < -0.3 is 25.5 Å². The molecule has 1 amide bonds. The van der Waals surface area contributed by atoms with Crippen molar-refractivity contribution in [1.29, 1.82) is 0 Å². The molecule has 0 aliphatic rings. The first kappa shape index (κ1) is 25.2. The summed E-state index contributed by atoms with van der Waals surface area (Å²) in [5.74, 6) is 0.567. The fraction of sp³-hybridized carbons (Fsp3) is 0.231. The number of nitrogens with one attached hydrogen (secondary N) is 4. The van der Waals surface area contributed by atoms with E-state index in [1.807, 2.05) is 49.6 Å². The van der Waals surface area contributed by atoms with E-state index in [9.17, 15) is 9.59 Å². The predicted octanol–water partition coefficient (Wildman–Crippen LogP) is 4.78. The van der Waals surface area contributed by atoms with Crippen LogP contribution in [0.15, 0.2) is 80.6 Å². The molecular weight excluding hydrogens is 574 g/mol. The summed E-state index contributed by atoms with van der Waals surface area (Å²) in [4.78, 5) is 28.3. The number of aromatic nitrogens is 2. The van der Waals surface area contributed by atoms with E-state index < -0.39 is 0 Å². The van der Waals surface area contributed by atoms with Gasteiger partial charge in [-0.1, -0.05) is 44.0 Å². The van der Waals surface area contributed by atoms with Crippen LogP contribution in [0.3, 0.4) is 0 Å². The Bertz CT molecular complexity index is 1360. The topological polar surface area (TPSA) is 91.0 Å². The SMILES string of the molecule is Cn1cccc1C(=O)NCC(CCNc1cc(=O)c2ccccc2[nH]1)NCc1cc(Br)cc(Br)c1. The lowest BCUT2D eigenvalue weighted by Crippen LogP contribution is -2.42. The van der Waals surface area contributed by atoms with Crippen molar-refractivity contribution in [1.82, 2.24) is 20.2 Å². The number of amides is 1. The smallest absolute Gasteiger partial charge is 0.267 e. The van der Waals surface area contributed by atoms with Crippen molar-refractivity contribution in [3.8, 4) is 0 Å². The number of H-pyrrole nitrogens is 1. The standard InChI is InChI=1S/C26H27Br2N5O2/c1-33-10-4-7-23(33)26(35)31-16-20(30-15-17-11-18(27)13-19(28)12-17)8-9-29-25-14-24(34)21-5-2-3-6-22(21)32-25/h2-7,10-14,20,30H,8-9,15-16H2,1H3,(H,31,35)(H2,29,32,34). The van der Waals surface area contributed by atoms with Crippen LogP contribution >= 0.6 is 31.9 Å². The number of carbonyl (C=O) groups is 1. The minimum atomic E-state index is -0.110. The molecule has 4 N–H and O–H groups in total. The Kier molecular flexibility index (Phi) is 8.43. The highest BCUT2D eigenvalue weighted by molar-refractivity contribution is 9.11. The minimum Gasteiger partial charge on any atom is -0.371 e. The maximum Gasteiger partial charge on any atom is 0.267 e. The van der Waals surface area contributed by atoms with E-state index in [4.69, 9.17) is 0 Å². The molecule has 35 heavy (non-hydrogen) atoms. The van der Waals surface area contributed by atoms with Crippen molar-refractivity contribution in [2.45, 2.75) is 19.0 Å². The molecule has 7 nitrogen and oxygen atoms in total. The van der Waals surface area contributed by atoms with Crippen LogP contribution in [-0.2, 0) is 13.6 Å². The second-order valence-corrected chi connectivity index (χ2v) is 10.2. The van der Waals surface area contributed by atoms with Gasteiger partial charge in [0, 0.05) is 59.3 Å². The zero-order valence-electron chi connectivity index (χ0n) is 19.3. The van der Waals surface area contributed by atoms with Crippen molar-refractivity contribution < 1.29 is 4.79 Å². The summed E-state index contributed by atoms with van der Waals surface area (Å²) in [5.41, 5.74) is 2.52. The van der Waals surface area contributed by atoms with Crippen molar-refractivity contribution in [2.75, 3.05) is 18.4 Å². The summed E-state index contributed by atoms with van der Waals surface area (Å²) in [6.45, 7) is 1.73. The molecule has 9 heteroatoms. The fourth-order valence-corrected chi connectivity index (χ4v) is 5.32. The molecule has 182 valence electrons. The van der Waals surface area contributed by atoms with Crippen LogP contribution < -0.4 is 21.4 Å². The lowest BCUT2D eigenvalue weighted by molar-refractivity contribution is 0.0941. The van der Waals surface area contributed by atoms with Gasteiger partial charge in [-0.15, -0.1) is 0 Å². The number of halogens is 2. The molecule has 1 unspecified atom stereocenters. The number of pyridine rings is 1. The van der Waals surface area contributed by atoms with E-state index in [-0.39, 0.29) is 17.4 Å². The molecule has 4 rings (SSSR count). The molecule has 0 radical (unpaired) electrons. The maximum absolute atomic E-state index is 12.6. The highest BCUT2D eigenvalue weighted by Gasteiger charge is 2.14. The number of rotatable bonds is 10. The second kappa shape index (κ2) is 11.7. The van der Waals surface area contributed by atoms with Gasteiger partial charge in [-0.2, -0.15) is 0 Å². The number of nitrogens with zero attached hydrogens (tertiary/aromatic N) is 1. The van der Waals surface area contributed by atoms with Gasteiger partial charge in [0.05, 0.1) is 5.52 Å². The Hall–Kier alpha value is -2.88. The Balaban J connectivity index is 1.40. The highest BCUT2D eigenvalue weighted by Crippen LogP contribution is 2.20. The number of hydrogen-bond donors (Lipinski definition) is 4. The Labute approximate surface area is 220 Å². The largest absolute Gasteiger partial charge is 0.371 e. The zero-order valence-corrected chi connectivity index (χ0v) is 22.4. The van der Waals surface area contributed by atoms with Gasteiger partial charge in [-0.05, 0) is 54.4 Å². The molecule has 0 saturated heterocycles. The van der Waals surface area contributed by atoms with Crippen LogP contribution in [0.2, 0.25) is 0 Å². The second-order valence-electron chi connectivity index (χ2n) is 8.38. The van der Waals surface area contributed by atoms with Gasteiger partial charge in [0.15, 0.2) is 5.43 Å². The molecule has 1 atom stereocenters. The predicted molar refractivity (Wildman–Crippen MR) is 148 cm³/mol. The van der Waals surface area contributed by atoms with Crippen molar-refractivity contribution in [3.05, 3.63) is 97.3 Å². The summed E-state index contributed by atoms with van der Waals surface area (Å²) in [6, 6.07) is 18.8. The van der Waals surface area contributed by atoms with Gasteiger partial charge >= 0.3 is 0 Å². The van der Waals surface area contributed by atoms with Gasteiger partial charge in [0.1, 0.15) is 11.5 Å². The molecule has 0 saturated carbocycles. The van der Waals surface area contributed by atoms with Crippen LogP contribution in [-0.4, -0.2) is 34.6 Å². The molecule has 0 aliphatic carbocycles. The van der Waals surface area contributed by atoms with E-state index in [2.05, 4.69) is 64.9 Å². The van der Waals surface area contributed by atoms with E-state index >= 15 is 0 Å². The maximum atomic E-state index is 12.6. The van der Waals surface area contributed by atoms with Crippen molar-refractivity contribution >= 4 is 54.5 Å². The van der Waals surface area contributed by atoms with Crippen LogP contribution in [0.1, 0.15) is 22.5 Å². The van der Waals surface area contributed by atoms with Crippen LogP contribution in [0.4, 0.5) is 5.82 Å². The number of para-hydroxylation sites is 1. The van der Waals surface area contributed by atoms with Crippen LogP contribution in [0, 0.1) is 0 Å². The molecule has 4 aromatic rings. The molecule has 2 heterocycles. The number of aryl methyl sites for hydroxylation is 1. The van der Waals surface area contributed by atoms with Gasteiger partial charge in [-0.25, -0.2) is 0 Å². The number of carbonyl (C=O) groups excluding carboxylic acids is 1. The van der Waals surface area contributed by atoms with E-state index in [0.29, 0.717) is 36.5 Å². The number of hydrogen-bond acceptors (Lipinski definition) is 4. The number of aromatic amines is 1. The first-order valence-corrected chi connectivity index (χ1v) is 12.9. The highest BCUT2D eigenvalue weighted by atomic mass is 79.9. The molecule has 0 aliphatic heterocycles. The third kappa shape index (κ3) is 6.84. The van der Waals surface area contributed by atoms with Gasteiger partial charge in [0.25, 0.3) is 5.91 Å². The molecule has 0 fully saturated rings. The molecule has 0 bridgehead atoms. The Morgan fingerprint density at radius 1 is 1.06 bits per heavy atom. The van der Waals surface area contributed by atoms with Crippen LogP contribution in [0.25, 0.3) is 10.9 Å². The molecule has 2 aromatic carbocycles. The summed E-state index contributed by atoms with van der Waals surface area (Å²) >= 11 is 7.07. The number of fused-ring (bicyclic) bond motifs is 1. The van der Waals surface area contributed by atoms with E-state index in [0.717, 1.165) is 26.4 Å². The summed E-state index contributed by atoms with van der Waals surface area (Å²) in [7, 11) is 1.85. The Morgan fingerprint density at radius 2 is 1.83 bits per heavy atom. The normalized spacial score (nSPS) is 12.0. The summed E-state index contributed by atoms with van der Waals surface area (Å²) in [5, 5.41) is 10.6. The van der Waals surface area contributed by atoms with Crippen LogP contribution in [0.5, 0.6) is 0 Å². The quantitative estimate of drug-likeness (QED) is 0.211. The first-order valence-electron chi connectivity index (χ1n) is 11.3. The third-order valence-electron chi connectivity index (χ3n) is 5.75. The van der Waals surface area contributed by atoms with Gasteiger partial charge in [-0.3, -0.25) is 9.59 Å². The first-order chi connectivity index (χ1) is 16.9. The zero-order chi connectivity index (χ0) is 24.8. The minimum absolute atomic E-state index is 0.0108. The van der Waals surface area contributed by atoms with Crippen molar-refractivity contribution in [3.63, 3.8) is 0 Å². The Morgan fingerprint density at radius 3 is 2.57 bits per heavy atom. The molecule has 2 aromatic heterocycles. The third-order valence-corrected chi connectivity index (χ3v) is 6.66. The summed E-state index contributed by atoms with van der Waals surface area (Å²) < 4.78 is 3.80. The van der Waals surface area contributed by atoms with E-state index in [1.54, 1.807) is 16.7 Å². The van der Waals surface area contributed by atoms with E-state index in [1.165, 1.54) is 0 Å².